The lowest BCUT2D eigenvalue weighted by atomic mass is 10.0. The summed E-state index contributed by atoms with van der Waals surface area (Å²) in [6, 6.07) is 5.86. The Morgan fingerprint density at radius 3 is 2.93 bits per heavy atom. The highest BCUT2D eigenvalue weighted by Gasteiger charge is 2.30. The van der Waals surface area contributed by atoms with Crippen LogP contribution < -0.4 is 5.32 Å². The number of carbonyl (C=O) groups is 2. The molecular weight excluding hydrogens is 406 g/mol. The largest absolute Gasteiger partial charge is 0.462 e. The molecule has 1 N–H and O–H groups in total. The van der Waals surface area contributed by atoms with Gasteiger partial charge in [0.15, 0.2) is 0 Å². The summed E-state index contributed by atoms with van der Waals surface area (Å²) >= 11 is 2.98. The van der Waals surface area contributed by atoms with Crippen LogP contribution in [0.4, 0.5) is 5.00 Å². The number of carbonyl (C=O) groups excluding carboxylic acids is 2. The molecule has 0 saturated heterocycles. The zero-order chi connectivity index (χ0) is 20.5. The summed E-state index contributed by atoms with van der Waals surface area (Å²) in [6.45, 7) is 8.11. The summed E-state index contributed by atoms with van der Waals surface area (Å²) in [4.78, 5) is 33.3. The van der Waals surface area contributed by atoms with Crippen LogP contribution in [0.2, 0.25) is 0 Å². The molecule has 0 atom stereocenters. The van der Waals surface area contributed by atoms with Gasteiger partial charge >= 0.3 is 5.97 Å². The lowest BCUT2D eigenvalue weighted by Gasteiger charge is -2.30. The first-order valence-corrected chi connectivity index (χ1v) is 11.4. The highest BCUT2D eigenvalue weighted by Crippen LogP contribution is 2.38. The fourth-order valence-corrected chi connectivity index (χ4v) is 5.52. The van der Waals surface area contributed by atoms with Crippen LogP contribution in [0, 0.1) is 0 Å². The van der Waals surface area contributed by atoms with Gasteiger partial charge in [-0.1, -0.05) is 0 Å². The van der Waals surface area contributed by atoms with Crippen LogP contribution in [0.3, 0.4) is 0 Å². The minimum absolute atomic E-state index is 0.231. The van der Waals surface area contributed by atoms with Gasteiger partial charge in [0, 0.05) is 29.6 Å². The molecule has 3 heterocycles. The molecule has 0 fully saturated rings. The van der Waals surface area contributed by atoms with Gasteiger partial charge in [-0.3, -0.25) is 9.69 Å². The second-order valence-corrected chi connectivity index (χ2v) is 9.22. The van der Waals surface area contributed by atoms with Crippen molar-refractivity contribution in [3.8, 4) is 0 Å². The van der Waals surface area contributed by atoms with Crippen molar-refractivity contribution in [1.29, 1.82) is 0 Å². The fourth-order valence-electron chi connectivity index (χ4n) is 3.54. The number of thiazole rings is 1. The number of rotatable bonds is 5. The van der Waals surface area contributed by atoms with Gasteiger partial charge in [-0.05, 0) is 51.0 Å². The smallest absolute Gasteiger partial charge is 0.341 e. The van der Waals surface area contributed by atoms with E-state index in [1.807, 2.05) is 12.1 Å². The Labute approximate surface area is 177 Å². The third kappa shape index (κ3) is 3.92. The van der Waals surface area contributed by atoms with Gasteiger partial charge in [0.25, 0.3) is 5.91 Å². The quantitative estimate of drug-likeness (QED) is 0.602. The van der Waals surface area contributed by atoms with Crippen molar-refractivity contribution < 1.29 is 14.3 Å². The first kappa shape index (κ1) is 20.0. The Balaban J connectivity index is 1.66. The van der Waals surface area contributed by atoms with Crippen LogP contribution in [0.1, 0.15) is 51.9 Å². The third-order valence-corrected chi connectivity index (χ3v) is 7.04. The molecule has 0 bridgehead atoms. The molecule has 0 radical (unpaired) electrons. The maximum atomic E-state index is 12.9. The molecule has 1 aliphatic rings. The average molecular weight is 430 g/mol. The van der Waals surface area contributed by atoms with Crippen LogP contribution in [-0.4, -0.2) is 41.0 Å². The van der Waals surface area contributed by atoms with E-state index in [0.717, 1.165) is 40.2 Å². The van der Waals surface area contributed by atoms with E-state index in [2.05, 4.69) is 29.0 Å². The molecule has 2 aromatic heterocycles. The maximum Gasteiger partial charge on any atom is 0.341 e. The van der Waals surface area contributed by atoms with Crippen molar-refractivity contribution in [3.63, 3.8) is 0 Å². The minimum atomic E-state index is -0.365. The van der Waals surface area contributed by atoms with Crippen LogP contribution in [0.25, 0.3) is 10.2 Å². The molecule has 0 spiro atoms. The van der Waals surface area contributed by atoms with Crippen LogP contribution in [0.5, 0.6) is 0 Å². The topological polar surface area (TPSA) is 71.5 Å². The molecular formula is C21H23N3O3S2. The molecule has 3 aromatic rings. The molecule has 0 saturated carbocycles. The van der Waals surface area contributed by atoms with Crippen LogP contribution in [-0.2, 0) is 17.7 Å². The summed E-state index contributed by atoms with van der Waals surface area (Å²) in [6.07, 6.45) is 0.779. The number of fused-ring (bicyclic) bond motifs is 2. The number of ether oxygens (including phenoxy) is 1. The third-order valence-electron chi connectivity index (χ3n) is 5.12. The van der Waals surface area contributed by atoms with Gasteiger partial charge in [-0.15, -0.1) is 22.7 Å². The molecule has 8 heteroatoms. The number of hydrogen-bond donors (Lipinski definition) is 1. The highest BCUT2D eigenvalue weighted by molar-refractivity contribution is 7.17. The van der Waals surface area contributed by atoms with Gasteiger partial charge in [-0.2, -0.15) is 0 Å². The molecule has 0 aliphatic carbocycles. The minimum Gasteiger partial charge on any atom is -0.462 e. The lowest BCUT2D eigenvalue weighted by Crippen LogP contribution is -2.35. The second-order valence-electron chi connectivity index (χ2n) is 7.23. The van der Waals surface area contributed by atoms with Gasteiger partial charge in [0.2, 0.25) is 0 Å². The zero-order valence-corrected chi connectivity index (χ0v) is 18.3. The average Bonchev–Trinajstić information content (AvgIpc) is 3.30. The molecule has 1 amide bonds. The number of nitrogens with zero attached hydrogens (tertiary/aromatic N) is 2. The number of aromatic nitrogens is 1. The normalized spacial score (nSPS) is 14.2. The Morgan fingerprint density at radius 1 is 1.34 bits per heavy atom. The van der Waals surface area contributed by atoms with Crippen molar-refractivity contribution in [2.45, 2.75) is 39.8 Å². The van der Waals surface area contributed by atoms with Crippen LogP contribution in [0.15, 0.2) is 23.7 Å². The van der Waals surface area contributed by atoms with Gasteiger partial charge < -0.3 is 10.1 Å². The van der Waals surface area contributed by atoms with E-state index in [4.69, 9.17) is 4.74 Å². The number of benzene rings is 1. The molecule has 1 aliphatic heterocycles. The Morgan fingerprint density at radius 2 is 2.17 bits per heavy atom. The summed E-state index contributed by atoms with van der Waals surface area (Å²) in [5, 5.41) is 3.55. The number of hydrogen-bond acceptors (Lipinski definition) is 7. The van der Waals surface area contributed by atoms with Crippen LogP contribution >= 0.6 is 22.7 Å². The van der Waals surface area contributed by atoms with E-state index in [1.165, 1.54) is 22.7 Å². The van der Waals surface area contributed by atoms with Crippen molar-refractivity contribution >= 4 is 49.8 Å². The summed E-state index contributed by atoms with van der Waals surface area (Å²) in [5.74, 6) is -0.596. The number of thiophene rings is 1. The van der Waals surface area contributed by atoms with E-state index in [-0.39, 0.29) is 11.9 Å². The van der Waals surface area contributed by atoms with E-state index >= 15 is 0 Å². The predicted octanol–water partition coefficient (Wildman–Crippen LogP) is 4.55. The monoisotopic (exact) mass is 429 g/mol. The molecule has 0 unspecified atom stereocenters. The molecule has 6 nitrogen and oxygen atoms in total. The Bertz CT molecular complexity index is 1070. The zero-order valence-electron chi connectivity index (χ0n) is 16.7. The van der Waals surface area contributed by atoms with Crippen molar-refractivity contribution in [2.75, 3.05) is 18.5 Å². The predicted molar refractivity (Wildman–Crippen MR) is 117 cm³/mol. The fraction of sp³-hybridized carbons (Fsp3) is 0.381. The Kier molecular flexibility index (Phi) is 5.67. The first-order chi connectivity index (χ1) is 14.0. The Hall–Kier alpha value is -2.29. The second kappa shape index (κ2) is 8.22. The maximum absolute atomic E-state index is 12.9. The van der Waals surface area contributed by atoms with Gasteiger partial charge in [0.05, 0.1) is 27.9 Å². The summed E-state index contributed by atoms with van der Waals surface area (Å²) < 4.78 is 6.26. The van der Waals surface area contributed by atoms with Crippen molar-refractivity contribution in [1.82, 2.24) is 9.88 Å². The number of esters is 1. The highest BCUT2D eigenvalue weighted by atomic mass is 32.1. The standard InChI is InChI=1S/C21H23N3O3S2/c1-4-27-21(26)18-14-7-8-24(12(2)3)10-17(14)29-20(18)23-19(25)13-5-6-15-16(9-13)28-11-22-15/h5-6,9,11-12H,4,7-8,10H2,1-3H3,(H,23,25). The number of anilines is 1. The van der Waals surface area contributed by atoms with E-state index in [0.29, 0.717) is 28.8 Å². The molecule has 1 aromatic carbocycles. The summed E-state index contributed by atoms with van der Waals surface area (Å²) in [7, 11) is 0. The SMILES string of the molecule is CCOC(=O)c1c(NC(=O)c2ccc3ncsc3c2)sc2c1CCN(C(C)C)C2. The summed E-state index contributed by atoms with van der Waals surface area (Å²) in [5.41, 5.74) is 4.71. The molecule has 4 rings (SSSR count). The van der Waals surface area contributed by atoms with E-state index < -0.39 is 0 Å². The molecule has 29 heavy (non-hydrogen) atoms. The van der Waals surface area contributed by atoms with E-state index in [1.54, 1.807) is 18.5 Å². The van der Waals surface area contributed by atoms with Gasteiger partial charge in [-0.25, -0.2) is 9.78 Å². The van der Waals surface area contributed by atoms with Crippen molar-refractivity contribution in [2.24, 2.45) is 0 Å². The number of amides is 1. The first-order valence-electron chi connectivity index (χ1n) is 9.68. The number of nitrogens with one attached hydrogen (secondary N) is 1. The van der Waals surface area contributed by atoms with Gasteiger partial charge in [0.1, 0.15) is 5.00 Å². The van der Waals surface area contributed by atoms with E-state index in [9.17, 15) is 9.59 Å². The lowest BCUT2D eigenvalue weighted by molar-refractivity contribution is 0.0526. The molecule has 152 valence electrons. The van der Waals surface area contributed by atoms with Crippen molar-refractivity contribution in [3.05, 3.63) is 45.3 Å².